The molecule has 0 aromatic heterocycles. The number of rotatable bonds is 4. The topological polar surface area (TPSA) is 78.4 Å². The van der Waals surface area contributed by atoms with Gasteiger partial charge in [0.25, 0.3) is 5.91 Å². The maximum Gasteiger partial charge on any atom is 0.251 e. The molecule has 25 heavy (non-hydrogen) atoms. The first-order chi connectivity index (χ1) is 11.9. The van der Waals surface area contributed by atoms with Crippen LogP contribution >= 0.6 is 0 Å². The van der Waals surface area contributed by atoms with Crippen molar-refractivity contribution in [1.82, 2.24) is 10.6 Å². The van der Waals surface area contributed by atoms with Crippen LogP contribution < -0.4 is 10.6 Å². The highest BCUT2D eigenvalue weighted by Crippen LogP contribution is 2.30. The van der Waals surface area contributed by atoms with Crippen molar-refractivity contribution in [3.05, 3.63) is 70.3 Å². The second kappa shape index (κ2) is 7.07. The quantitative estimate of drug-likeness (QED) is 0.795. The third kappa shape index (κ3) is 3.88. The number of benzene rings is 2. The van der Waals surface area contributed by atoms with Crippen molar-refractivity contribution in [1.29, 1.82) is 0 Å². The number of aliphatic hydroxyl groups is 1. The third-order valence-electron chi connectivity index (χ3n) is 4.41. The predicted molar refractivity (Wildman–Crippen MR) is 95.3 cm³/mol. The van der Waals surface area contributed by atoms with E-state index in [1.807, 2.05) is 44.2 Å². The molecule has 2 unspecified atom stereocenters. The highest BCUT2D eigenvalue weighted by Gasteiger charge is 2.31. The summed E-state index contributed by atoms with van der Waals surface area (Å²) in [6.07, 6.45) is -0.118. The number of aliphatic hydroxyl groups excluding tert-OH is 1. The van der Waals surface area contributed by atoms with Crippen molar-refractivity contribution >= 4 is 11.8 Å². The second-order valence-corrected chi connectivity index (χ2v) is 6.57. The first kappa shape index (κ1) is 17.2. The van der Waals surface area contributed by atoms with Crippen LogP contribution in [-0.2, 0) is 11.2 Å². The lowest BCUT2D eigenvalue weighted by Gasteiger charge is -2.18. The van der Waals surface area contributed by atoms with E-state index in [1.165, 1.54) is 0 Å². The van der Waals surface area contributed by atoms with E-state index in [0.717, 1.165) is 22.3 Å². The molecule has 0 fully saturated rings. The number of amides is 2. The van der Waals surface area contributed by atoms with Crippen molar-refractivity contribution < 1.29 is 14.7 Å². The molecule has 0 bridgehead atoms. The number of hydrogen-bond donors (Lipinski definition) is 3. The number of carbonyl (C=O) groups excluding carboxylic acids is 2. The molecule has 2 amide bonds. The van der Waals surface area contributed by atoms with Gasteiger partial charge in [-0.1, -0.05) is 41.5 Å². The molecule has 0 heterocycles. The maximum absolute atomic E-state index is 12.2. The monoisotopic (exact) mass is 338 g/mol. The van der Waals surface area contributed by atoms with Crippen LogP contribution in [0.5, 0.6) is 0 Å². The van der Waals surface area contributed by atoms with E-state index in [1.54, 1.807) is 12.1 Å². The Bertz CT molecular complexity index is 796. The molecule has 3 N–H and O–H groups in total. The summed E-state index contributed by atoms with van der Waals surface area (Å²) >= 11 is 0. The second-order valence-electron chi connectivity index (χ2n) is 6.57. The van der Waals surface area contributed by atoms with Gasteiger partial charge in [0.15, 0.2) is 0 Å². The van der Waals surface area contributed by atoms with E-state index in [2.05, 4.69) is 10.6 Å². The predicted octanol–water partition coefficient (Wildman–Crippen LogP) is 1.81. The van der Waals surface area contributed by atoms with Gasteiger partial charge in [0, 0.05) is 12.0 Å². The Kier molecular flexibility index (Phi) is 4.86. The Hall–Kier alpha value is -2.66. The van der Waals surface area contributed by atoms with Crippen LogP contribution in [0.15, 0.2) is 42.5 Å². The van der Waals surface area contributed by atoms with Crippen molar-refractivity contribution in [2.75, 3.05) is 6.54 Å². The summed E-state index contributed by atoms with van der Waals surface area (Å²) in [6, 6.07) is 12.8. The van der Waals surface area contributed by atoms with Crippen LogP contribution in [0, 0.1) is 13.8 Å². The van der Waals surface area contributed by atoms with E-state index in [0.29, 0.717) is 12.0 Å². The fraction of sp³-hybridized carbons (Fsp3) is 0.300. The van der Waals surface area contributed by atoms with Crippen LogP contribution in [0.3, 0.4) is 0 Å². The molecule has 5 nitrogen and oxygen atoms in total. The minimum Gasteiger partial charge on any atom is -0.390 e. The molecule has 0 radical (unpaired) electrons. The van der Waals surface area contributed by atoms with Crippen molar-refractivity contribution in [2.24, 2.45) is 0 Å². The summed E-state index contributed by atoms with van der Waals surface area (Å²) in [4.78, 5) is 24.4. The van der Waals surface area contributed by atoms with Gasteiger partial charge in [0.2, 0.25) is 5.91 Å². The van der Waals surface area contributed by atoms with Gasteiger partial charge < -0.3 is 15.7 Å². The highest BCUT2D eigenvalue weighted by molar-refractivity contribution is 5.96. The first-order valence-corrected chi connectivity index (χ1v) is 8.36. The Morgan fingerprint density at radius 1 is 1.12 bits per heavy atom. The smallest absolute Gasteiger partial charge is 0.251 e. The summed E-state index contributed by atoms with van der Waals surface area (Å²) < 4.78 is 0. The van der Waals surface area contributed by atoms with Crippen molar-refractivity contribution in [3.8, 4) is 0 Å². The third-order valence-corrected chi connectivity index (χ3v) is 4.41. The van der Waals surface area contributed by atoms with Crippen molar-refractivity contribution in [2.45, 2.75) is 32.4 Å². The normalized spacial score (nSPS) is 18.5. The summed E-state index contributed by atoms with van der Waals surface area (Å²) in [5.41, 5.74) is 4.51. The molecular weight excluding hydrogens is 316 g/mol. The van der Waals surface area contributed by atoms with E-state index >= 15 is 0 Å². The SMILES string of the molecule is Cc1cc(C)cc(C(=O)NCC(=O)NC2c3ccccc3CC2O)c1. The molecule has 0 saturated carbocycles. The standard InChI is InChI=1S/C20H22N2O3/c1-12-7-13(2)9-15(8-12)20(25)21-11-18(24)22-19-16-6-4-3-5-14(16)10-17(19)23/h3-9,17,19,23H,10-11H2,1-2H3,(H,21,25)(H,22,24). The van der Waals surface area contributed by atoms with Gasteiger partial charge >= 0.3 is 0 Å². The van der Waals surface area contributed by atoms with Gasteiger partial charge in [-0.15, -0.1) is 0 Å². The highest BCUT2D eigenvalue weighted by atomic mass is 16.3. The van der Waals surface area contributed by atoms with Crippen LogP contribution in [0.25, 0.3) is 0 Å². The number of carbonyl (C=O) groups is 2. The van der Waals surface area contributed by atoms with Crippen LogP contribution in [0.2, 0.25) is 0 Å². The lowest BCUT2D eigenvalue weighted by molar-refractivity contribution is -0.121. The summed E-state index contributed by atoms with van der Waals surface area (Å²) in [7, 11) is 0. The molecule has 0 spiro atoms. The number of aryl methyl sites for hydroxylation is 2. The fourth-order valence-corrected chi connectivity index (χ4v) is 3.34. The van der Waals surface area contributed by atoms with E-state index in [4.69, 9.17) is 0 Å². The van der Waals surface area contributed by atoms with Gasteiger partial charge in [0.1, 0.15) is 0 Å². The molecule has 0 aliphatic heterocycles. The number of hydrogen-bond acceptors (Lipinski definition) is 3. The molecular formula is C20H22N2O3. The molecule has 130 valence electrons. The van der Waals surface area contributed by atoms with Gasteiger partial charge in [-0.2, -0.15) is 0 Å². The molecule has 2 aromatic rings. The van der Waals surface area contributed by atoms with Gasteiger partial charge in [-0.25, -0.2) is 0 Å². The number of nitrogens with one attached hydrogen (secondary N) is 2. The Balaban J connectivity index is 1.59. The Morgan fingerprint density at radius 2 is 1.80 bits per heavy atom. The summed E-state index contributed by atoms with van der Waals surface area (Å²) in [6.45, 7) is 3.72. The fourth-order valence-electron chi connectivity index (χ4n) is 3.34. The molecule has 2 atom stereocenters. The maximum atomic E-state index is 12.2. The Morgan fingerprint density at radius 3 is 2.52 bits per heavy atom. The van der Waals surface area contributed by atoms with E-state index < -0.39 is 12.1 Å². The lowest BCUT2D eigenvalue weighted by Crippen LogP contribution is -2.41. The zero-order valence-electron chi connectivity index (χ0n) is 14.4. The molecule has 1 aliphatic rings. The first-order valence-electron chi connectivity index (χ1n) is 8.36. The van der Waals surface area contributed by atoms with Crippen molar-refractivity contribution in [3.63, 3.8) is 0 Å². The van der Waals surface area contributed by atoms with Crippen LogP contribution in [0.1, 0.15) is 38.7 Å². The minimum atomic E-state index is -0.642. The zero-order chi connectivity index (χ0) is 18.0. The average molecular weight is 338 g/mol. The Labute approximate surface area is 147 Å². The lowest BCUT2D eigenvalue weighted by atomic mass is 10.1. The molecule has 0 saturated heterocycles. The van der Waals surface area contributed by atoms with Crippen LogP contribution in [0.4, 0.5) is 0 Å². The summed E-state index contributed by atoms with van der Waals surface area (Å²) in [5.74, 6) is -0.604. The minimum absolute atomic E-state index is 0.128. The molecule has 3 rings (SSSR count). The largest absolute Gasteiger partial charge is 0.390 e. The average Bonchev–Trinajstić information content (AvgIpc) is 2.87. The van der Waals surface area contributed by atoms with Gasteiger partial charge in [-0.3, -0.25) is 9.59 Å². The summed E-state index contributed by atoms with van der Waals surface area (Å²) in [5, 5.41) is 15.6. The van der Waals surface area contributed by atoms with E-state index in [9.17, 15) is 14.7 Å². The van der Waals surface area contributed by atoms with E-state index in [-0.39, 0.29) is 18.4 Å². The zero-order valence-corrected chi connectivity index (χ0v) is 14.4. The van der Waals surface area contributed by atoms with Crippen LogP contribution in [-0.4, -0.2) is 29.6 Å². The molecule has 2 aromatic carbocycles. The molecule has 1 aliphatic carbocycles. The number of fused-ring (bicyclic) bond motifs is 1. The molecule has 5 heteroatoms. The van der Waals surface area contributed by atoms with Gasteiger partial charge in [-0.05, 0) is 37.1 Å². The van der Waals surface area contributed by atoms with Gasteiger partial charge in [0.05, 0.1) is 18.7 Å².